The summed E-state index contributed by atoms with van der Waals surface area (Å²) in [5.41, 5.74) is -0.956. The van der Waals surface area contributed by atoms with Crippen LogP contribution in [0.4, 0.5) is 0 Å². The molecule has 2 fully saturated rings. The average Bonchev–Trinajstić information content (AvgIpc) is 2.94. The van der Waals surface area contributed by atoms with E-state index in [1.54, 1.807) is 4.90 Å². The second-order valence-corrected chi connectivity index (χ2v) is 7.25. The number of halogens is 1. The van der Waals surface area contributed by atoms with Gasteiger partial charge in [0.15, 0.2) is 0 Å². The number of pyridine rings is 1. The molecule has 0 aliphatic carbocycles. The number of likely N-dealkylation sites (N-methyl/N-ethyl adjacent to an activating group) is 1. The van der Waals surface area contributed by atoms with Crippen LogP contribution in [0.2, 0.25) is 5.02 Å². The van der Waals surface area contributed by atoms with Gasteiger partial charge in [0.1, 0.15) is 5.02 Å². The molecule has 8 heteroatoms. The maximum Gasteiger partial charge on any atom is 0.266 e. The summed E-state index contributed by atoms with van der Waals surface area (Å²) in [4.78, 5) is 32.4. The van der Waals surface area contributed by atoms with Gasteiger partial charge in [0.25, 0.3) is 11.5 Å². The van der Waals surface area contributed by atoms with Crippen LogP contribution >= 0.6 is 11.6 Å². The Labute approximate surface area is 145 Å². The number of nitrogens with zero attached hydrogens (tertiary/aromatic N) is 3. The van der Waals surface area contributed by atoms with E-state index in [1.807, 2.05) is 0 Å². The van der Waals surface area contributed by atoms with Gasteiger partial charge in [-0.25, -0.2) is 0 Å². The van der Waals surface area contributed by atoms with E-state index in [0.29, 0.717) is 31.6 Å². The molecule has 0 unspecified atom stereocenters. The van der Waals surface area contributed by atoms with Crippen LogP contribution in [0.25, 0.3) is 0 Å². The lowest BCUT2D eigenvalue weighted by Gasteiger charge is -2.36. The number of carbonyl (C=O) groups excluding carboxylic acids is 1. The lowest BCUT2D eigenvalue weighted by atomic mass is 10.0. The third kappa shape index (κ3) is 3.80. The SMILES string of the molecule is CN1CCN(C[C@@]2(O)CCN(C(=O)c3c[nH]c(=O)c(Cl)c3)C2)CC1. The molecular formula is C16H23ClN4O3. The summed E-state index contributed by atoms with van der Waals surface area (Å²) in [6.07, 6.45) is 1.93. The number of hydrogen-bond acceptors (Lipinski definition) is 5. The number of aliphatic hydroxyl groups is 1. The zero-order valence-corrected chi connectivity index (χ0v) is 14.6. The van der Waals surface area contributed by atoms with Gasteiger partial charge in [0, 0.05) is 45.5 Å². The number of β-amino-alcohol motifs (C(OH)–C–C–N with tert-alkyl or cyclic N) is 1. The first kappa shape index (κ1) is 17.4. The van der Waals surface area contributed by atoms with Crippen LogP contribution in [0.5, 0.6) is 0 Å². The van der Waals surface area contributed by atoms with Crippen LogP contribution < -0.4 is 5.56 Å². The van der Waals surface area contributed by atoms with Gasteiger partial charge in [-0.1, -0.05) is 11.6 Å². The molecule has 2 N–H and O–H groups in total. The number of nitrogens with one attached hydrogen (secondary N) is 1. The molecule has 24 heavy (non-hydrogen) atoms. The average molecular weight is 355 g/mol. The van der Waals surface area contributed by atoms with Crippen LogP contribution in [0.3, 0.4) is 0 Å². The summed E-state index contributed by atoms with van der Waals surface area (Å²) in [6.45, 7) is 5.24. The minimum Gasteiger partial charge on any atom is -0.387 e. The van der Waals surface area contributed by atoms with Crippen molar-refractivity contribution in [3.05, 3.63) is 33.2 Å². The van der Waals surface area contributed by atoms with E-state index in [9.17, 15) is 14.7 Å². The highest BCUT2D eigenvalue weighted by molar-refractivity contribution is 6.30. The van der Waals surface area contributed by atoms with Crippen LogP contribution in [0.15, 0.2) is 17.1 Å². The van der Waals surface area contributed by atoms with Gasteiger partial charge in [-0.15, -0.1) is 0 Å². The van der Waals surface area contributed by atoms with E-state index in [2.05, 4.69) is 21.8 Å². The lowest BCUT2D eigenvalue weighted by molar-refractivity contribution is 0.000521. The van der Waals surface area contributed by atoms with E-state index in [1.165, 1.54) is 12.3 Å². The molecule has 1 aromatic heterocycles. The van der Waals surface area contributed by atoms with E-state index >= 15 is 0 Å². The number of carbonyl (C=O) groups is 1. The summed E-state index contributed by atoms with van der Waals surface area (Å²) >= 11 is 5.79. The van der Waals surface area contributed by atoms with Crippen molar-refractivity contribution in [1.29, 1.82) is 0 Å². The topological polar surface area (TPSA) is 79.9 Å². The Bertz CT molecular complexity index is 672. The van der Waals surface area contributed by atoms with Gasteiger partial charge in [-0.2, -0.15) is 0 Å². The molecule has 2 aliphatic rings. The molecule has 0 aromatic carbocycles. The maximum atomic E-state index is 12.5. The highest BCUT2D eigenvalue weighted by Gasteiger charge is 2.40. The lowest BCUT2D eigenvalue weighted by Crippen LogP contribution is -2.52. The van der Waals surface area contributed by atoms with Crippen molar-refractivity contribution in [1.82, 2.24) is 19.7 Å². The fourth-order valence-electron chi connectivity index (χ4n) is 3.34. The summed E-state index contributed by atoms with van der Waals surface area (Å²) in [7, 11) is 2.09. The summed E-state index contributed by atoms with van der Waals surface area (Å²) in [5.74, 6) is -0.220. The third-order valence-corrected chi connectivity index (χ3v) is 5.12. The zero-order chi connectivity index (χ0) is 17.3. The van der Waals surface area contributed by atoms with Gasteiger partial charge in [-0.05, 0) is 19.5 Å². The maximum absolute atomic E-state index is 12.5. The summed E-state index contributed by atoms with van der Waals surface area (Å²) in [5, 5.41) is 10.8. The van der Waals surface area contributed by atoms with Crippen LogP contribution in [0, 0.1) is 0 Å². The number of amides is 1. The quantitative estimate of drug-likeness (QED) is 0.789. The Balaban J connectivity index is 1.62. The Morgan fingerprint density at radius 1 is 1.33 bits per heavy atom. The summed E-state index contributed by atoms with van der Waals surface area (Å²) < 4.78 is 0. The second-order valence-electron chi connectivity index (χ2n) is 6.85. The molecule has 7 nitrogen and oxygen atoms in total. The molecule has 1 aromatic rings. The molecule has 132 valence electrons. The second kappa shape index (κ2) is 6.84. The van der Waals surface area contributed by atoms with E-state index < -0.39 is 11.2 Å². The van der Waals surface area contributed by atoms with Crippen molar-refractivity contribution in [2.75, 3.05) is 52.9 Å². The smallest absolute Gasteiger partial charge is 0.266 e. The first-order valence-electron chi connectivity index (χ1n) is 8.17. The predicted molar refractivity (Wildman–Crippen MR) is 91.5 cm³/mol. The molecule has 0 spiro atoms. The molecular weight excluding hydrogens is 332 g/mol. The number of aromatic nitrogens is 1. The zero-order valence-electron chi connectivity index (χ0n) is 13.8. The third-order valence-electron chi connectivity index (χ3n) is 4.84. The van der Waals surface area contributed by atoms with E-state index in [4.69, 9.17) is 11.6 Å². The van der Waals surface area contributed by atoms with Crippen LogP contribution in [-0.2, 0) is 0 Å². The van der Waals surface area contributed by atoms with Gasteiger partial charge in [0.2, 0.25) is 0 Å². The fourth-order valence-corrected chi connectivity index (χ4v) is 3.52. The minimum absolute atomic E-state index is 0.00672. The molecule has 3 heterocycles. The van der Waals surface area contributed by atoms with E-state index in [0.717, 1.165) is 26.2 Å². The number of aromatic amines is 1. The monoisotopic (exact) mass is 354 g/mol. The molecule has 1 amide bonds. The first-order valence-corrected chi connectivity index (χ1v) is 8.55. The number of piperazine rings is 1. The number of likely N-dealkylation sites (tertiary alicyclic amines) is 1. The van der Waals surface area contributed by atoms with Gasteiger partial charge in [-0.3, -0.25) is 14.5 Å². The number of H-pyrrole nitrogens is 1. The highest BCUT2D eigenvalue weighted by Crippen LogP contribution is 2.24. The Kier molecular flexibility index (Phi) is 4.96. The molecule has 0 radical (unpaired) electrons. The molecule has 0 bridgehead atoms. The normalized spacial score (nSPS) is 26.0. The van der Waals surface area contributed by atoms with Crippen molar-refractivity contribution in [2.24, 2.45) is 0 Å². The predicted octanol–water partition coefficient (Wildman–Crippen LogP) is -0.147. The van der Waals surface area contributed by atoms with Crippen molar-refractivity contribution >= 4 is 17.5 Å². The summed E-state index contributed by atoms with van der Waals surface area (Å²) in [6, 6.07) is 1.38. The first-order chi connectivity index (χ1) is 11.4. The Morgan fingerprint density at radius 2 is 2.04 bits per heavy atom. The van der Waals surface area contributed by atoms with Crippen LogP contribution in [0.1, 0.15) is 16.8 Å². The molecule has 1 atom stereocenters. The minimum atomic E-state index is -0.877. The molecule has 2 saturated heterocycles. The number of hydrogen-bond donors (Lipinski definition) is 2. The molecule has 2 aliphatic heterocycles. The fraction of sp³-hybridized carbons (Fsp3) is 0.625. The van der Waals surface area contributed by atoms with Gasteiger partial charge >= 0.3 is 0 Å². The van der Waals surface area contributed by atoms with Crippen molar-refractivity contribution in [3.8, 4) is 0 Å². The molecule has 3 rings (SSSR count). The van der Waals surface area contributed by atoms with Crippen molar-refractivity contribution in [3.63, 3.8) is 0 Å². The van der Waals surface area contributed by atoms with Gasteiger partial charge in [0.05, 0.1) is 17.7 Å². The van der Waals surface area contributed by atoms with Crippen molar-refractivity contribution < 1.29 is 9.90 Å². The molecule has 0 saturated carbocycles. The highest BCUT2D eigenvalue weighted by atomic mass is 35.5. The number of rotatable bonds is 3. The van der Waals surface area contributed by atoms with Crippen molar-refractivity contribution in [2.45, 2.75) is 12.0 Å². The Morgan fingerprint density at radius 3 is 2.71 bits per heavy atom. The standard InChI is InChI=1S/C16H23ClN4O3/c1-19-4-6-20(7-5-19)10-16(24)2-3-21(11-16)15(23)12-8-13(17)14(22)18-9-12/h8-9,24H,2-7,10-11H2,1H3,(H,18,22)/t16-/m0/s1. The largest absolute Gasteiger partial charge is 0.387 e. The Hall–Kier alpha value is -1.41. The van der Waals surface area contributed by atoms with Crippen LogP contribution in [-0.4, -0.2) is 89.2 Å². The van der Waals surface area contributed by atoms with Gasteiger partial charge < -0.3 is 19.9 Å². The van der Waals surface area contributed by atoms with E-state index in [-0.39, 0.29) is 10.9 Å².